The molecule has 6 heteroatoms. The molecule has 1 amide bonds. The molecule has 1 saturated heterocycles. The average molecular weight is 250 g/mol. The number of aliphatic carboxylic acids is 1. The molecule has 1 aliphatic heterocycles. The SMILES string of the molecule is NC(=O)c1ccccc1NC1(C(=O)O)CCOC1. The van der Waals surface area contributed by atoms with Crippen LogP contribution < -0.4 is 11.1 Å². The Labute approximate surface area is 104 Å². The maximum atomic E-state index is 11.4. The minimum atomic E-state index is -1.19. The first-order valence-electron chi connectivity index (χ1n) is 5.53. The monoisotopic (exact) mass is 250 g/mol. The largest absolute Gasteiger partial charge is 0.479 e. The summed E-state index contributed by atoms with van der Waals surface area (Å²) in [4.78, 5) is 22.6. The fraction of sp³-hybridized carbons (Fsp3) is 0.333. The zero-order chi connectivity index (χ0) is 13.2. The van der Waals surface area contributed by atoms with Crippen molar-refractivity contribution in [3.8, 4) is 0 Å². The van der Waals surface area contributed by atoms with Crippen molar-refractivity contribution in [1.29, 1.82) is 0 Å². The second-order valence-corrected chi connectivity index (χ2v) is 4.22. The third-order valence-electron chi connectivity index (χ3n) is 3.00. The Kier molecular flexibility index (Phi) is 3.20. The van der Waals surface area contributed by atoms with Gasteiger partial charge in [0.15, 0.2) is 5.54 Å². The molecule has 2 rings (SSSR count). The summed E-state index contributed by atoms with van der Waals surface area (Å²) in [6, 6.07) is 6.56. The molecule has 1 unspecified atom stereocenters. The molecule has 1 aromatic carbocycles. The van der Waals surface area contributed by atoms with Crippen molar-refractivity contribution in [2.24, 2.45) is 5.73 Å². The number of carboxylic acids is 1. The molecular weight excluding hydrogens is 236 g/mol. The van der Waals surface area contributed by atoms with Crippen LogP contribution in [0.1, 0.15) is 16.8 Å². The van der Waals surface area contributed by atoms with Gasteiger partial charge < -0.3 is 20.9 Å². The number of nitrogens with one attached hydrogen (secondary N) is 1. The predicted octanol–water partition coefficient (Wildman–Crippen LogP) is 0.441. The number of hydrogen-bond acceptors (Lipinski definition) is 4. The number of amides is 1. The van der Waals surface area contributed by atoms with E-state index in [-0.39, 0.29) is 12.2 Å². The second kappa shape index (κ2) is 4.66. The molecule has 1 aliphatic rings. The summed E-state index contributed by atoms with van der Waals surface area (Å²) in [5, 5.41) is 12.2. The molecule has 0 saturated carbocycles. The van der Waals surface area contributed by atoms with Gasteiger partial charge in [-0.05, 0) is 12.1 Å². The number of ether oxygens (including phenoxy) is 1. The van der Waals surface area contributed by atoms with Crippen LogP contribution in [0.15, 0.2) is 24.3 Å². The van der Waals surface area contributed by atoms with Gasteiger partial charge in [-0.25, -0.2) is 4.79 Å². The fourth-order valence-electron chi connectivity index (χ4n) is 1.95. The van der Waals surface area contributed by atoms with E-state index in [1.807, 2.05) is 0 Å². The Morgan fingerprint density at radius 2 is 2.11 bits per heavy atom. The number of carboxylic acid groups (broad SMARTS) is 1. The Bertz CT molecular complexity index is 481. The normalized spacial score (nSPS) is 22.7. The number of rotatable bonds is 4. The standard InChI is InChI=1S/C12H14N2O4/c13-10(15)8-3-1-2-4-9(8)14-12(11(16)17)5-6-18-7-12/h1-4,14H,5-7H2,(H2,13,15)(H,16,17). The number of anilines is 1. The van der Waals surface area contributed by atoms with Crippen LogP contribution in [0.4, 0.5) is 5.69 Å². The number of nitrogens with two attached hydrogens (primary N) is 1. The molecule has 1 fully saturated rings. The van der Waals surface area contributed by atoms with Crippen LogP contribution in [0.5, 0.6) is 0 Å². The molecule has 1 atom stereocenters. The van der Waals surface area contributed by atoms with Crippen molar-refractivity contribution in [2.45, 2.75) is 12.0 Å². The Morgan fingerprint density at radius 1 is 1.39 bits per heavy atom. The second-order valence-electron chi connectivity index (χ2n) is 4.22. The molecule has 4 N–H and O–H groups in total. The van der Waals surface area contributed by atoms with E-state index in [9.17, 15) is 14.7 Å². The minimum Gasteiger partial charge on any atom is -0.479 e. The highest BCUT2D eigenvalue weighted by Crippen LogP contribution is 2.26. The average Bonchev–Trinajstić information content (AvgIpc) is 2.79. The lowest BCUT2D eigenvalue weighted by atomic mass is 9.97. The van der Waals surface area contributed by atoms with Crippen LogP contribution in [-0.2, 0) is 9.53 Å². The highest BCUT2D eigenvalue weighted by atomic mass is 16.5. The Hall–Kier alpha value is -2.08. The zero-order valence-electron chi connectivity index (χ0n) is 9.68. The zero-order valence-corrected chi connectivity index (χ0v) is 9.68. The fourth-order valence-corrected chi connectivity index (χ4v) is 1.95. The first kappa shape index (κ1) is 12.4. The number of para-hydroxylation sites is 1. The van der Waals surface area contributed by atoms with Crippen LogP contribution in [0.2, 0.25) is 0 Å². The first-order chi connectivity index (χ1) is 8.55. The first-order valence-corrected chi connectivity index (χ1v) is 5.53. The molecule has 0 aliphatic carbocycles. The van der Waals surface area contributed by atoms with E-state index >= 15 is 0 Å². The summed E-state index contributed by atoms with van der Waals surface area (Å²) in [6.45, 7) is 0.438. The van der Waals surface area contributed by atoms with E-state index < -0.39 is 17.4 Å². The van der Waals surface area contributed by atoms with Gasteiger partial charge in [0.2, 0.25) is 0 Å². The van der Waals surface area contributed by atoms with Crippen molar-refractivity contribution in [3.05, 3.63) is 29.8 Å². The lowest BCUT2D eigenvalue weighted by Gasteiger charge is -2.25. The molecule has 96 valence electrons. The topological polar surface area (TPSA) is 102 Å². The summed E-state index contributed by atoms with van der Waals surface area (Å²) < 4.78 is 5.13. The van der Waals surface area contributed by atoms with Gasteiger partial charge in [0.25, 0.3) is 5.91 Å². The van der Waals surface area contributed by atoms with E-state index in [4.69, 9.17) is 10.5 Å². The van der Waals surface area contributed by atoms with E-state index in [2.05, 4.69) is 5.32 Å². The van der Waals surface area contributed by atoms with Crippen molar-refractivity contribution in [2.75, 3.05) is 18.5 Å². The van der Waals surface area contributed by atoms with Gasteiger partial charge in [-0.2, -0.15) is 0 Å². The van der Waals surface area contributed by atoms with Gasteiger partial charge in [0, 0.05) is 18.7 Å². The smallest absolute Gasteiger partial charge is 0.331 e. The molecule has 1 heterocycles. The summed E-state index contributed by atoms with van der Waals surface area (Å²) in [5.74, 6) is -1.60. The van der Waals surface area contributed by atoms with Crippen LogP contribution in [0, 0.1) is 0 Å². The van der Waals surface area contributed by atoms with E-state index in [0.717, 1.165) is 0 Å². The maximum absolute atomic E-state index is 11.4. The van der Waals surface area contributed by atoms with Crippen molar-refractivity contribution in [3.63, 3.8) is 0 Å². The minimum absolute atomic E-state index is 0.0649. The Morgan fingerprint density at radius 3 is 2.67 bits per heavy atom. The molecule has 1 aromatic rings. The van der Waals surface area contributed by atoms with Crippen LogP contribution >= 0.6 is 0 Å². The molecule has 0 spiro atoms. The van der Waals surface area contributed by atoms with Crippen molar-refractivity contribution >= 4 is 17.6 Å². The lowest BCUT2D eigenvalue weighted by Crippen LogP contribution is -2.47. The summed E-state index contributed by atoms with van der Waals surface area (Å²) in [7, 11) is 0. The van der Waals surface area contributed by atoms with Gasteiger partial charge in [-0.3, -0.25) is 4.79 Å². The Balaban J connectivity index is 2.33. The van der Waals surface area contributed by atoms with Crippen LogP contribution in [0.25, 0.3) is 0 Å². The number of primary amides is 1. The molecule has 6 nitrogen and oxygen atoms in total. The van der Waals surface area contributed by atoms with Gasteiger partial charge in [0.1, 0.15) is 0 Å². The summed E-state index contributed by atoms with van der Waals surface area (Å²) in [5.41, 5.74) is 4.74. The predicted molar refractivity (Wildman–Crippen MR) is 64.4 cm³/mol. The highest BCUT2D eigenvalue weighted by Gasteiger charge is 2.43. The molecule has 0 bridgehead atoms. The van der Waals surface area contributed by atoms with Crippen molar-refractivity contribution < 1.29 is 19.4 Å². The molecule has 0 aromatic heterocycles. The van der Waals surface area contributed by atoms with Gasteiger partial charge in [-0.15, -0.1) is 0 Å². The third-order valence-corrected chi connectivity index (χ3v) is 3.00. The molecular formula is C12H14N2O4. The van der Waals surface area contributed by atoms with Crippen LogP contribution in [0.3, 0.4) is 0 Å². The maximum Gasteiger partial charge on any atom is 0.331 e. The van der Waals surface area contributed by atoms with Crippen molar-refractivity contribution in [1.82, 2.24) is 0 Å². The molecule has 18 heavy (non-hydrogen) atoms. The number of hydrogen-bond donors (Lipinski definition) is 3. The quantitative estimate of drug-likeness (QED) is 0.719. The lowest BCUT2D eigenvalue weighted by molar-refractivity contribution is -0.142. The van der Waals surface area contributed by atoms with Gasteiger partial charge in [0.05, 0.1) is 12.2 Å². The van der Waals surface area contributed by atoms with E-state index in [1.165, 1.54) is 0 Å². The summed E-state index contributed by atoms with van der Waals surface area (Å²) in [6.07, 6.45) is 0.343. The van der Waals surface area contributed by atoms with Crippen LogP contribution in [-0.4, -0.2) is 35.7 Å². The third kappa shape index (κ3) is 2.14. The molecule has 0 radical (unpaired) electrons. The number of carbonyl (C=O) groups is 2. The van der Waals surface area contributed by atoms with E-state index in [1.54, 1.807) is 24.3 Å². The number of carbonyl (C=O) groups excluding carboxylic acids is 1. The number of benzene rings is 1. The summed E-state index contributed by atoms with van der Waals surface area (Å²) >= 11 is 0. The van der Waals surface area contributed by atoms with E-state index in [0.29, 0.717) is 18.7 Å². The van der Waals surface area contributed by atoms with Gasteiger partial charge >= 0.3 is 5.97 Å². The highest BCUT2D eigenvalue weighted by molar-refractivity contribution is 5.99. The van der Waals surface area contributed by atoms with Gasteiger partial charge in [-0.1, -0.05) is 12.1 Å².